The van der Waals surface area contributed by atoms with E-state index in [1.54, 1.807) is 12.3 Å². The number of nitrogens with zero attached hydrogens (tertiary/aromatic N) is 3. The summed E-state index contributed by atoms with van der Waals surface area (Å²) in [4.78, 5) is 21.4. The second kappa shape index (κ2) is 6.54. The van der Waals surface area contributed by atoms with Crippen LogP contribution in [0.3, 0.4) is 0 Å². The van der Waals surface area contributed by atoms with Crippen LogP contribution in [-0.2, 0) is 4.79 Å². The molecule has 0 saturated carbocycles. The van der Waals surface area contributed by atoms with E-state index in [4.69, 9.17) is 9.84 Å². The number of hydrogen-bond donors (Lipinski definition) is 1. The maximum Gasteiger partial charge on any atom is 0.303 e. The minimum Gasteiger partial charge on any atom is -0.481 e. The Morgan fingerprint density at radius 1 is 1.60 bits per heavy atom. The van der Waals surface area contributed by atoms with Gasteiger partial charge in [-0.15, -0.1) is 0 Å². The third-order valence-corrected chi connectivity index (χ3v) is 3.31. The highest BCUT2D eigenvalue weighted by atomic mass is 16.5. The number of carbonyl (C=O) groups is 1. The lowest BCUT2D eigenvalue weighted by Gasteiger charge is -2.17. The number of rotatable bonds is 6. The van der Waals surface area contributed by atoms with Gasteiger partial charge < -0.3 is 14.7 Å². The smallest absolute Gasteiger partial charge is 0.303 e. The number of carboxylic acid groups (broad SMARTS) is 1. The minimum atomic E-state index is -0.730. The highest BCUT2D eigenvalue weighted by molar-refractivity contribution is 5.66. The van der Waals surface area contributed by atoms with Crippen molar-refractivity contribution >= 4 is 11.9 Å². The van der Waals surface area contributed by atoms with E-state index in [0.29, 0.717) is 24.2 Å². The standard InChI is InChI=1S/C14H21N3O3/c1-10(2)20-12-5-7-15-14(16-12)17-8-6-11(9-17)3-4-13(18)19/h5,7,10-11H,3-4,6,8-9H2,1-2H3,(H,18,19). The summed E-state index contributed by atoms with van der Waals surface area (Å²) in [6.07, 6.45) is 3.72. The molecule has 0 amide bonds. The molecule has 2 rings (SSSR count). The molecule has 20 heavy (non-hydrogen) atoms. The first kappa shape index (κ1) is 14.6. The summed E-state index contributed by atoms with van der Waals surface area (Å²) in [5.74, 6) is 0.927. The number of aliphatic carboxylic acids is 1. The van der Waals surface area contributed by atoms with E-state index < -0.39 is 5.97 Å². The summed E-state index contributed by atoms with van der Waals surface area (Å²) in [7, 11) is 0. The van der Waals surface area contributed by atoms with Gasteiger partial charge in [0, 0.05) is 31.8 Å². The summed E-state index contributed by atoms with van der Waals surface area (Å²) >= 11 is 0. The molecule has 1 aliphatic rings. The first-order valence-corrected chi connectivity index (χ1v) is 7.01. The van der Waals surface area contributed by atoms with Crippen molar-refractivity contribution in [3.8, 4) is 5.88 Å². The van der Waals surface area contributed by atoms with Gasteiger partial charge in [0.2, 0.25) is 11.8 Å². The quantitative estimate of drug-likeness (QED) is 0.858. The van der Waals surface area contributed by atoms with Gasteiger partial charge in [-0.25, -0.2) is 4.98 Å². The molecule has 1 unspecified atom stereocenters. The molecule has 6 heteroatoms. The molecule has 1 aliphatic heterocycles. The lowest BCUT2D eigenvalue weighted by molar-refractivity contribution is -0.137. The summed E-state index contributed by atoms with van der Waals surface area (Å²) in [6, 6.07) is 1.75. The van der Waals surface area contributed by atoms with Crippen LogP contribution >= 0.6 is 0 Å². The Hall–Kier alpha value is -1.85. The first-order valence-electron chi connectivity index (χ1n) is 7.01. The van der Waals surface area contributed by atoms with Crippen LogP contribution in [0.2, 0.25) is 0 Å². The van der Waals surface area contributed by atoms with E-state index in [9.17, 15) is 4.79 Å². The predicted octanol–water partition coefficient (Wildman–Crippen LogP) is 1.95. The molecular weight excluding hydrogens is 258 g/mol. The number of hydrogen-bond acceptors (Lipinski definition) is 5. The maximum absolute atomic E-state index is 10.6. The molecule has 0 spiro atoms. The molecule has 0 bridgehead atoms. The zero-order chi connectivity index (χ0) is 14.5. The Morgan fingerprint density at radius 2 is 2.40 bits per heavy atom. The molecule has 1 aromatic rings. The van der Waals surface area contributed by atoms with Gasteiger partial charge in [0.1, 0.15) is 0 Å². The van der Waals surface area contributed by atoms with Crippen molar-refractivity contribution < 1.29 is 14.6 Å². The van der Waals surface area contributed by atoms with Crippen molar-refractivity contribution in [3.05, 3.63) is 12.3 Å². The molecule has 0 aromatic carbocycles. The van der Waals surface area contributed by atoms with Crippen molar-refractivity contribution in [2.24, 2.45) is 5.92 Å². The summed E-state index contributed by atoms with van der Waals surface area (Å²) in [5, 5.41) is 8.72. The molecule has 1 fully saturated rings. The lowest BCUT2D eigenvalue weighted by Crippen LogP contribution is -2.22. The highest BCUT2D eigenvalue weighted by Gasteiger charge is 2.25. The van der Waals surface area contributed by atoms with Crippen molar-refractivity contribution in [2.45, 2.75) is 39.2 Å². The zero-order valence-corrected chi connectivity index (χ0v) is 12.0. The second-order valence-corrected chi connectivity index (χ2v) is 5.39. The maximum atomic E-state index is 10.6. The molecule has 1 aromatic heterocycles. The molecule has 110 valence electrons. The van der Waals surface area contributed by atoms with Gasteiger partial charge in [0.25, 0.3) is 0 Å². The van der Waals surface area contributed by atoms with E-state index >= 15 is 0 Å². The highest BCUT2D eigenvalue weighted by Crippen LogP contribution is 2.25. The third kappa shape index (κ3) is 4.08. The molecule has 1 N–H and O–H groups in total. The minimum absolute atomic E-state index is 0.0830. The van der Waals surface area contributed by atoms with Gasteiger partial charge in [-0.3, -0.25) is 4.79 Å². The van der Waals surface area contributed by atoms with Gasteiger partial charge >= 0.3 is 5.97 Å². The van der Waals surface area contributed by atoms with Crippen LogP contribution in [0.4, 0.5) is 5.95 Å². The average molecular weight is 279 g/mol. The van der Waals surface area contributed by atoms with Gasteiger partial charge in [0.15, 0.2) is 0 Å². The van der Waals surface area contributed by atoms with Gasteiger partial charge in [-0.2, -0.15) is 4.98 Å². The van der Waals surface area contributed by atoms with E-state index in [1.807, 2.05) is 13.8 Å². The largest absolute Gasteiger partial charge is 0.481 e. The monoisotopic (exact) mass is 279 g/mol. The summed E-state index contributed by atoms with van der Waals surface area (Å²) in [5.41, 5.74) is 0. The van der Waals surface area contributed by atoms with Gasteiger partial charge in [-0.1, -0.05) is 0 Å². The third-order valence-electron chi connectivity index (χ3n) is 3.31. The molecule has 0 aliphatic carbocycles. The molecular formula is C14H21N3O3. The topological polar surface area (TPSA) is 75.5 Å². The van der Waals surface area contributed by atoms with Crippen molar-refractivity contribution in [1.29, 1.82) is 0 Å². The molecule has 0 radical (unpaired) electrons. The number of carboxylic acids is 1. The van der Waals surface area contributed by atoms with Crippen LogP contribution < -0.4 is 9.64 Å². The molecule has 6 nitrogen and oxygen atoms in total. The molecule has 1 saturated heterocycles. The molecule has 1 atom stereocenters. The first-order chi connectivity index (χ1) is 9.54. The van der Waals surface area contributed by atoms with E-state index in [0.717, 1.165) is 19.5 Å². The van der Waals surface area contributed by atoms with E-state index in [-0.39, 0.29) is 12.5 Å². The Kier molecular flexibility index (Phi) is 4.76. The van der Waals surface area contributed by atoms with Crippen LogP contribution in [0, 0.1) is 5.92 Å². The average Bonchev–Trinajstić information content (AvgIpc) is 2.84. The fourth-order valence-corrected chi connectivity index (χ4v) is 2.37. The van der Waals surface area contributed by atoms with Crippen LogP contribution in [0.1, 0.15) is 33.1 Å². The second-order valence-electron chi connectivity index (χ2n) is 5.39. The Labute approximate surface area is 118 Å². The van der Waals surface area contributed by atoms with Crippen molar-refractivity contribution in [2.75, 3.05) is 18.0 Å². The predicted molar refractivity (Wildman–Crippen MR) is 75.0 cm³/mol. The van der Waals surface area contributed by atoms with Gasteiger partial charge in [-0.05, 0) is 32.6 Å². The SMILES string of the molecule is CC(C)Oc1ccnc(N2CCC(CCC(=O)O)C2)n1. The van der Waals surface area contributed by atoms with Crippen LogP contribution in [0.5, 0.6) is 5.88 Å². The molecule has 2 heterocycles. The lowest BCUT2D eigenvalue weighted by atomic mass is 10.0. The number of ether oxygens (including phenoxy) is 1. The fourth-order valence-electron chi connectivity index (χ4n) is 2.37. The van der Waals surface area contributed by atoms with E-state index in [1.165, 1.54) is 0 Å². The van der Waals surface area contributed by atoms with E-state index in [2.05, 4.69) is 14.9 Å². The zero-order valence-electron chi connectivity index (χ0n) is 12.0. The summed E-state index contributed by atoms with van der Waals surface area (Å²) < 4.78 is 5.56. The Balaban J connectivity index is 1.94. The normalized spacial score (nSPS) is 18.6. The number of anilines is 1. The van der Waals surface area contributed by atoms with Gasteiger partial charge in [0.05, 0.1) is 6.10 Å². The number of aromatic nitrogens is 2. The van der Waals surface area contributed by atoms with Crippen LogP contribution in [-0.4, -0.2) is 40.2 Å². The Morgan fingerprint density at radius 3 is 3.10 bits per heavy atom. The van der Waals surface area contributed by atoms with Crippen LogP contribution in [0.15, 0.2) is 12.3 Å². The Bertz CT molecular complexity index is 465. The van der Waals surface area contributed by atoms with Crippen molar-refractivity contribution in [3.63, 3.8) is 0 Å². The summed E-state index contributed by atoms with van der Waals surface area (Å²) in [6.45, 7) is 5.60. The fraction of sp³-hybridized carbons (Fsp3) is 0.643. The van der Waals surface area contributed by atoms with Crippen molar-refractivity contribution in [1.82, 2.24) is 9.97 Å². The van der Waals surface area contributed by atoms with Crippen LogP contribution in [0.25, 0.3) is 0 Å².